The van der Waals surface area contributed by atoms with Crippen LogP contribution in [0.25, 0.3) is 0 Å². The van der Waals surface area contributed by atoms with E-state index in [1.807, 2.05) is 43.3 Å². The Bertz CT molecular complexity index is 1420. The van der Waals surface area contributed by atoms with E-state index in [1.165, 1.54) is 23.1 Å². The summed E-state index contributed by atoms with van der Waals surface area (Å²) in [6.07, 6.45) is 5.99. The molecule has 2 aromatic carbocycles. The summed E-state index contributed by atoms with van der Waals surface area (Å²) in [6.45, 7) is 1.06. The number of halogens is 1. The molecule has 3 rings (SSSR count). The SMILES string of the molecule is COc1ccc(Nc2nc(Nc3ccc(F)cc3)ncc2C#CCCCNC(=O)CN(C)C(=O)/C=C/CN(C)C)cc1. The minimum atomic E-state index is -0.334. The van der Waals surface area contributed by atoms with Crippen molar-refractivity contribution in [2.75, 3.05) is 58.5 Å². The number of aromatic nitrogens is 2. The monoisotopic (exact) mass is 573 g/mol. The van der Waals surface area contributed by atoms with Gasteiger partial charge >= 0.3 is 0 Å². The molecule has 1 heterocycles. The molecule has 0 unspecified atom stereocenters. The van der Waals surface area contributed by atoms with Gasteiger partial charge in [0.2, 0.25) is 17.8 Å². The summed E-state index contributed by atoms with van der Waals surface area (Å²) in [4.78, 5) is 36.5. The lowest BCUT2D eigenvalue weighted by molar-refractivity contribution is -0.131. The summed E-state index contributed by atoms with van der Waals surface area (Å²) in [5, 5.41) is 9.15. The van der Waals surface area contributed by atoms with Crippen molar-refractivity contribution in [2.45, 2.75) is 12.8 Å². The van der Waals surface area contributed by atoms with Crippen LogP contribution in [-0.2, 0) is 9.59 Å². The van der Waals surface area contributed by atoms with E-state index in [-0.39, 0.29) is 24.2 Å². The fourth-order valence-corrected chi connectivity index (χ4v) is 3.51. The summed E-state index contributed by atoms with van der Waals surface area (Å²) >= 11 is 0. The molecule has 0 aliphatic heterocycles. The number of benzene rings is 2. The Morgan fingerprint density at radius 3 is 2.40 bits per heavy atom. The number of ether oxygens (including phenoxy) is 1. The number of nitrogens with one attached hydrogen (secondary N) is 3. The topological polar surface area (TPSA) is 112 Å². The van der Waals surface area contributed by atoms with Crippen LogP contribution in [0.15, 0.2) is 66.9 Å². The van der Waals surface area contributed by atoms with Crippen LogP contribution >= 0.6 is 0 Å². The molecule has 42 heavy (non-hydrogen) atoms. The number of carbonyl (C=O) groups excluding carboxylic acids is 2. The standard InChI is InChI=1S/C31H36FN7O3/c1-38(2)20-8-10-29(41)39(3)22-28(40)33-19-7-5-6-9-23-21-34-31(36-26-13-11-24(32)12-14-26)37-30(23)35-25-15-17-27(42-4)18-16-25/h8,10-18,21H,5,7,19-20,22H2,1-4H3,(H,33,40)(H2,34,35,36,37)/b10-8+. The number of unbranched alkanes of at least 4 members (excludes halogenated alkanes) is 1. The molecule has 2 amide bonds. The number of likely N-dealkylation sites (N-methyl/N-ethyl adjacent to an activating group) is 2. The van der Waals surface area contributed by atoms with Crippen molar-refractivity contribution < 1.29 is 18.7 Å². The second kappa shape index (κ2) is 16.3. The van der Waals surface area contributed by atoms with Gasteiger partial charge in [0.1, 0.15) is 11.6 Å². The largest absolute Gasteiger partial charge is 0.497 e. The lowest BCUT2D eigenvalue weighted by Crippen LogP contribution is -2.38. The summed E-state index contributed by atoms with van der Waals surface area (Å²) in [7, 11) is 7.01. The zero-order valence-corrected chi connectivity index (χ0v) is 24.3. The predicted molar refractivity (Wildman–Crippen MR) is 162 cm³/mol. The average Bonchev–Trinajstić information content (AvgIpc) is 2.97. The molecule has 0 saturated carbocycles. The van der Waals surface area contributed by atoms with Crippen LogP contribution < -0.4 is 20.7 Å². The lowest BCUT2D eigenvalue weighted by Gasteiger charge is -2.14. The van der Waals surface area contributed by atoms with Gasteiger partial charge in [-0.3, -0.25) is 9.59 Å². The highest BCUT2D eigenvalue weighted by atomic mass is 19.1. The highest BCUT2D eigenvalue weighted by molar-refractivity contribution is 5.91. The van der Waals surface area contributed by atoms with Crippen molar-refractivity contribution in [3.05, 3.63) is 78.3 Å². The Morgan fingerprint density at radius 2 is 1.71 bits per heavy atom. The first kappa shape index (κ1) is 31.6. The molecule has 0 fully saturated rings. The smallest absolute Gasteiger partial charge is 0.246 e. The first-order valence-corrected chi connectivity index (χ1v) is 13.4. The van der Waals surface area contributed by atoms with Gasteiger partial charge in [-0.25, -0.2) is 9.37 Å². The maximum atomic E-state index is 13.3. The van der Waals surface area contributed by atoms with E-state index in [2.05, 4.69) is 37.8 Å². The highest BCUT2D eigenvalue weighted by Gasteiger charge is 2.10. The number of methoxy groups -OCH3 is 1. The molecule has 3 N–H and O–H groups in total. The second-order valence-electron chi connectivity index (χ2n) is 9.56. The Balaban J connectivity index is 1.57. The Labute approximate surface area is 246 Å². The quantitative estimate of drug-likeness (QED) is 0.160. The summed E-state index contributed by atoms with van der Waals surface area (Å²) in [6, 6.07) is 13.3. The number of nitrogens with zero attached hydrogens (tertiary/aromatic N) is 4. The number of carbonyl (C=O) groups is 2. The molecule has 0 spiro atoms. The Kier molecular flexibility index (Phi) is 12.3. The zero-order chi connectivity index (χ0) is 30.3. The van der Waals surface area contributed by atoms with Crippen molar-refractivity contribution in [3.8, 4) is 17.6 Å². The predicted octanol–water partition coefficient (Wildman–Crippen LogP) is 3.94. The van der Waals surface area contributed by atoms with Crippen molar-refractivity contribution in [1.29, 1.82) is 0 Å². The molecule has 0 aliphatic carbocycles. The minimum absolute atomic E-state index is 0.0210. The van der Waals surface area contributed by atoms with Crippen molar-refractivity contribution >= 4 is 35.0 Å². The van der Waals surface area contributed by atoms with Crippen LogP contribution in [0.2, 0.25) is 0 Å². The van der Waals surface area contributed by atoms with Crippen LogP contribution in [0.1, 0.15) is 18.4 Å². The molecule has 1 aromatic heterocycles. The molecule has 10 nitrogen and oxygen atoms in total. The number of amides is 2. The van der Waals surface area contributed by atoms with Gasteiger partial charge in [-0.05, 0) is 69.0 Å². The molecular formula is C31H36FN7O3. The fraction of sp³-hybridized carbons (Fsp3) is 0.290. The van der Waals surface area contributed by atoms with Crippen LogP contribution in [0.5, 0.6) is 5.75 Å². The molecule has 11 heteroatoms. The molecule has 0 saturated heterocycles. The summed E-state index contributed by atoms with van der Waals surface area (Å²) in [5.74, 6) is 6.96. The lowest BCUT2D eigenvalue weighted by atomic mass is 10.2. The zero-order valence-electron chi connectivity index (χ0n) is 24.3. The number of anilines is 4. The van der Waals surface area contributed by atoms with Crippen LogP contribution in [0.3, 0.4) is 0 Å². The molecule has 3 aromatic rings. The molecule has 0 atom stereocenters. The van der Waals surface area contributed by atoms with Gasteiger partial charge in [-0.2, -0.15) is 4.98 Å². The van der Waals surface area contributed by atoms with E-state index in [0.717, 1.165) is 11.4 Å². The van der Waals surface area contributed by atoms with Gasteiger partial charge in [0, 0.05) is 44.0 Å². The van der Waals surface area contributed by atoms with Gasteiger partial charge in [0.25, 0.3) is 0 Å². The van der Waals surface area contributed by atoms with Crippen molar-refractivity contribution in [2.24, 2.45) is 0 Å². The Morgan fingerprint density at radius 1 is 1.02 bits per heavy atom. The highest BCUT2D eigenvalue weighted by Crippen LogP contribution is 2.23. The molecule has 0 bridgehead atoms. The van der Waals surface area contributed by atoms with Gasteiger partial charge in [-0.1, -0.05) is 17.9 Å². The Hall–Kier alpha value is -4.95. The van der Waals surface area contributed by atoms with Crippen molar-refractivity contribution in [1.82, 2.24) is 25.1 Å². The number of rotatable bonds is 13. The molecule has 220 valence electrons. The van der Waals surface area contributed by atoms with Crippen molar-refractivity contribution in [3.63, 3.8) is 0 Å². The van der Waals surface area contributed by atoms with E-state index < -0.39 is 0 Å². The summed E-state index contributed by atoms with van der Waals surface area (Å²) in [5.41, 5.74) is 2.01. The van der Waals surface area contributed by atoms with E-state index in [0.29, 0.717) is 48.9 Å². The van der Waals surface area contributed by atoms with Crippen LogP contribution in [0, 0.1) is 17.7 Å². The van der Waals surface area contributed by atoms with Gasteiger partial charge in [-0.15, -0.1) is 0 Å². The maximum Gasteiger partial charge on any atom is 0.246 e. The number of hydrogen-bond donors (Lipinski definition) is 3. The van der Waals surface area contributed by atoms with E-state index in [9.17, 15) is 14.0 Å². The van der Waals surface area contributed by atoms with E-state index >= 15 is 0 Å². The molecule has 0 radical (unpaired) electrons. The molecule has 0 aliphatic rings. The van der Waals surface area contributed by atoms with E-state index in [1.54, 1.807) is 38.6 Å². The minimum Gasteiger partial charge on any atom is -0.497 e. The average molecular weight is 574 g/mol. The normalized spacial score (nSPS) is 10.6. The third-order valence-corrected chi connectivity index (χ3v) is 5.75. The summed E-state index contributed by atoms with van der Waals surface area (Å²) < 4.78 is 18.5. The maximum absolute atomic E-state index is 13.3. The first-order chi connectivity index (χ1) is 20.2. The van der Waals surface area contributed by atoms with Gasteiger partial charge in [0.05, 0.1) is 25.4 Å². The van der Waals surface area contributed by atoms with Gasteiger partial charge in [0.15, 0.2) is 5.82 Å². The van der Waals surface area contributed by atoms with Crippen LogP contribution in [0.4, 0.5) is 27.5 Å². The fourth-order valence-electron chi connectivity index (χ4n) is 3.51. The first-order valence-electron chi connectivity index (χ1n) is 13.4. The van der Waals surface area contributed by atoms with Gasteiger partial charge < -0.3 is 30.5 Å². The molecular weight excluding hydrogens is 537 g/mol. The second-order valence-corrected chi connectivity index (χ2v) is 9.56. The number of hydrogen-bond acceptors (Lipinski definition) is 8. The third kappa shape index (κ3) is 10.9. The van der Waals surface area contributed by atoms with Crippen LogP contribution in [-0.4, -0.2) is 79.5 Å². The van der Waals surface area contributed by atoms with E-state index in [4.69, 9.17) is 4.74 Å². The third-order valence-electron chi connectivity index (χ3n) is 5.75.